The van der Waals surface area contributed by atoms with E-state index in [0.29, 0.717) is 13.1 Å². The summed E-state index contributed by atoms with van der Waals surface area (Å²) in [6, 6.07) is 11.4. The standard InChI is InChI=1S/C18H22N2O3S/c1-24-17-8-6-14(7-9-17)19-18(21)20(12-15-4-2-10-22-15)13-16-5-3-11-23-16/h2,4,6-10,16H,3,5,11-13H2,1H3,(H,19,21)/t16-/m0/s1. The minimum atomic E-state index is -0.140. The van der Waals surface area contributed by atoms with E-state index >= 15 is 0 Å². The molecule has 128 valence electrons. The van der Waals surface area contributed by atoms with Crippen molar-refractivity contribution >= 4 is 23.5 Å². The lowest BCUT2D eigenvalue weighted by atomic mass is 10.2. The fourth-order valence-electron chi connectivity index (χ4n) is 2.72. The molecule has 3 rings (SSSR count). The predicted molar refractivity (Wildman–Crippen MR) is 95.3 cm³/mol. The Bertz CT molecular complexity index is 637. The smallest absolute Gasteiger partial charge is 0.322 e. The zero-order valence-electron chi connectivity index (χ0n) is 13.7. The number of thioether (sulfide) groups is 1. The molecule has 0 aliphatic carbocycles. The molecule has 0 saturated carbocycles. The molecule has 0 radical (unpaired) electrons. The average molecular weight is 346 g/mol. The zero-order valence-corrected chi connectivity index (χ0v) is 14.6. The van der Waals surface area contributed by atoms with E-state index in [0.717, 1.165) is 30.9 Å². The summed E-state index contributed by atoms with van der Waals surface area (Å²) >= 11 is 1.67. The Morgan fingerprint density at radius 1 is 1.33 bits per heavy atom. The fraction of sp³-hybridized carbons (Fsp3) is 0.389. The largest absolute Gasteiger partial charge is 0.467 e. The lowest BCUT2D eigenvalue weighted by molar-refractivity contribution is 0.0803. The minimum absolute atomic E-state index is 0.101. The van der Waals surface area contributed by atoms with Gasteiger partial charge in [-0.1, -0.05) is 0 Å². The number of anilines is 1. The first-order chi connectivity index (χ1) is 11.7. The van der Waals surface area contributed by atoms with Gasteiger partial charge in [-0.15, -0.1) is 11.8 Å². The molecule has 6 heteroatoms. The summed E-state index contributed by atoms with van der Waals surface area (Å²) < 4.78 is 11.1. The van der Waals surface area contributed by atoms with Crippen LogP contribution in [0.2, 0.25) is 0 Å². The maximum absolute atomic E-state index is 12.7. The first-order valence-electron chi connectivity index (χ1n) is 8.08. The van der Waals surface area contributed by atoms with E-state index in [2.05, 4.69) is 5.32 Å². The lowest BCUT2D eigenvalue weighted by Gasteiger charge is -2.25. The summed E-state index contributed by atoms with van der Waals surface area (Å²) in [5.41, 5.74) is 0.787. The van der Waals surface area contributed by atoms with Crippen LogP contribution in [0.3, 0.4) is 0 Å². The second-order valence-corrected chi connectivity index (χ2v) is 6.63. The van der Waals surface area contributed by atoms with Crippen LogP contribution in [-0.2, 0) is 11.3 Å². The summed E-state index contributed by atoms with van der Waals surface area (Å²) in [5, 5.41) is 2.96. The summed E-state index contributed by atoms with van der Waals surface area (Å²) in [6.07, 6.45) is 5.80. The molecule has 1 aromatic carbocycles. The highest BCUT2D eigenvalue weighted by molar-refractivity contribution is 7.98. The highest BCUT2D eigenvalue weighted by Crippen LogP contribution is 2.19. The second kappa shape index (κ2) is 8.26. The molecule has 0 bridgehead atoms. The molecule has 5 nitrogen and oxygen atoms in total. The van der Waals surface area contributed by atoms with Crippen LogP contribution in [-0.4, -0.2) is 36.4 Å². The van der Waals surface area contributed by atoms with Gasteiger partial charge in [-0.25, -0.2) is 4.79 Å². The van der Waals surface area contributed by atoms with Crippen LogP contribution in [0, 0.1) is 0 Å². The molecule has 1 aliphatic heterocycles. The van der Waals surface area contributed by atoms with Gasteiger partial charge in [-0.3, -0.25) is 0 Å². The summed E-state index contributed by atoms with van der Waals surface area (Å²) in [5.74, 6) is 0.765. The van der Waals surface area contributed by atoms with Crippen LogP contribution in [0.15, 0.2) is 52.0 Å². The van der Waals surface area contributed by atoms with E-state index in [-0.39, 0.29) is 12.1 Å². The minimum Gasteiger partial charge on any atom is -0.467 e. The van der Waals surface area contributed by atoms with Gasteiger partial charge >= 0.3 is 6.03 Å². The van der Waals surface area contributed by atoms with Gasteiger partial charge in [0.05, 0.1) is 18.9 Å². The number of rotatable bonds is 6. The predicted octanol–water partition coefficient (Wildman–Crippen LogP) is 4.21. The number of furan rings is 1. The zero-order chi connectivity index (χ0) is 16.8. The van der Waals surface area contributed by atoms with Crippen molar-refractivity contribution in [3.05, 3.63) is 48.4 Å². The van der Waals surface area contributed by atoms with Crippen molar-refractivity contribution in [2.45, 2.75) is 30.4 Å². The Labute approximate surface area is 146 Å². The van der Waals surface area contributed by atoms with Crippen LogP contribution in [0.1, 0.15) is 18.6 Å². The van der Waals surface area contributed by atoms with Crippen LogP contribution in [0.5, 0.6) is 0 Å². The third-order valence-electron chi connectivity index (χ3n) is 4.00. The van der Waals surface area contributed by atoms with Gasteiger partial charge in [-0.2, -0.15) is 0 Å². The van der Waals surface area contributed by atoms with E-state index < -0.39 is 0 Å². The topological polar surface area (TPSA) is 54.7 Å². The first-order valence-corrected chi connectivity index (χ1v) is 9.31. The number of benzene rings is 1. The van der Waals surface area contributed by atoms with Gasteiger partial charge in [-0.05, 0) is 55.5 Å². The molecule has 2 heterocycles. The Balaban J connectivity index is 1.66. The molecule has 1 atom stereocenters. The SMILES string of the molecule is CSc1ccc(NC(=O)N(Cc2ccco2)C[C@@H]2CCCO2)cc1. The van der Waals surface area contributed by atoms with Gasteiger partial charge in [0, 0.05) is 23.7 Å². The summed E-state index contributed by atoms with van der Waals surface area (Å²) in [4.78, 5) is 15.6. The molecule has 2 aromatic rings. The molecular formula is C18H22N2O3S. The molecule has 24 heavy (non-hydrogen) atoms. The molecule has 0 unspecified atom stereocenters. The molecule has 1 saturated heterocycles. The number of hydrogen-bond acceptors (Lipinski definition) is 4. The quantitative estimate of drug-likeness (QED) is 0.796. The van der Waals surface area contributed by atoms with Crippen molar-refractivity contribution in [1.29, 1.82) is 0 Å². The van der Waals surface area contributed by atoms with Crippen LogP contribution in [0.4, 0.5) is 10.5 Å². The van der Waals surface area contributed by atoms with Gasteiger partial charge in [0.1, 0.15) is 5.76 Å². The van der Waals surface area contributed by atoms with Crippen molar-refractivity contribution in [3.8, 4) is 0 Å². The summed E-state index contributed by atoms with van der Waals surface area (Å²) in [6.45, 7) is 1.77. The van der Waals surface area contributed by atoms with Gasteiger partial charge in [0.25, 0.3) is 0 Å². The maximum atomic E-state index is 12.7. The molecule has 1 aromatic heterocycles. The third-order valence-corrected chi connectivity index (χ3v) is 4.75. The van der Waals surface area contributed by atoms with Gasteiger partial charge in [0.2, 0.25) is 0 Å². The number of urea groups is 1. The average Bonchev–Trinajstić information content (AvgIpc) is 3.29. The van der Waals surface area contributed by atoms with E-state index in [1.807, 2.05) is 42.7 Å². The fourth-order valence-corrected chi connectivity index (χ4v) is 3.13. The number of carbonyl (C=O) groups is 1. The normalized spacial score (nSPS) is 17.0. The van der Waals surface area contributed by atoms with Crippen molar-refractivity contribution in [2.24, 2.45) is 0 Å². The van der Waals surface area contributed by atoms with Crippen LogP contribution >= 0.6 is 11.8 Å². The van der Waals surface area contributed by atoms with Crippen molar-refractivity contribution < 1.29 is 13.9 Å². The Morgan fingerprint density at radius 3 is 2.79 bits per heavy atom. The highest BCUT2D eigenvalue weighted by Gasteiger charge is 2.23. The van der Waals surface area contributed by atoms with Crippen LogP contribution < -0.4 is 5.32 Å². The lowest BCUT2D eigenvalue weighted by Crippen LogP contribution is -2.39. The number of amides is 2. The van der Waals surface area contributed by atoms with Gasteiger partial charge in [0.15, 0.2) is 0 Å². The molecule has 1 N–H and O–H groups in total. The van der Waals surface area contributed by atoms with Gasteiger partial charge < -0.3 is 19.4 Å². The Hall–Kier alpha value is -1.92. The number of carbonyl (C=O) groups excluding carboxylic acids is 1. The van der Waals surface area contributed by atoms with Crippen molar-refractivity contribution in [3.63, 3.8) is 0 Å². The highest BCUT2D eigenvalue weighted by atomic mass is 32.2. The third kappa shape index (κ3) is 4.55. The number of ether oxygens (including phenoxy) is 1. The Kier molecular flexibility index (Phi) is 5.82. The number of hydrogen-bond donors (Lipinski definition) is 1. The maximum Gasteiger partial charge on any atom is 0.322 e. The first kappa shape index (κ1) is 16.9. The second-order valence-electron chi connectivity index (χ2n) is 5.75. The Morgan fingerprint density at radius 2 is 2.17 bits per heavy atom. The van der Waals surface area contributed by atoms with Crippen molar-refractivity contribution in [2.75, 3.05) is 24.7 Å². The molecule has 1 aliphatic rings. The van der Waals surface area contributed by atoms with E-state index in [1.54, 1.807) is 22.9 Å². The molecular weight excluding hydrogens is 324 g/mol. The molecule has 2 amide bonds. The van der Waals surface area contributed by atoms with Crippen LogP contribution in [0.25, 0.3) is 0 Å². The summed E-state index contributed by atoms with van der Waals surface area (Å²) in [7, 11) is 0. The molecule has 1 fully saturated rings. The van der Waals surface area contributed by atoms with E-state index in [1.165, 1.54) is 4.90 Å². The monoisotopic (exact) mass is 346 g/mol. The van der Waals surface area contributed by atoms with E-state index in [4.69, 9.17) is 9.15 Å². The molecule has 0 spiro atoms. The number of nitrogens with one attached hydrogen (secondary N) is 1. The van der Waals surface area contributed by atoms with E-state index in [9.17, 15) is 4.79 Å². The van der Waals surface area contributed by atoms with Crippen molar-refractivity contribution in [1.82, 2.24) is 4.90 Å². The number of nitrogens with zero attached hydrogens (tertiary/aromatic N) is 1.